The molecule has 0 radical (unpaired) electrons. The van der Waals surface area contributed by atoms with Crippen molar-refractivity contribution in [2.24, 2.45) is 0 Å². The van der Waals surface area contributed by atoms with E-state index in [1.807, 2.05) is 0 Å². The van der Waals surface area contributed by atoms with Gasteiger partial charge in [0.15, 0.2) is 5.13 Å². The number of aromatic nitrogens is 1. The number of hydrogen-bond donors (Lipinski definition) is 1. The number of hydrogen-bond acceptors (Lipinski definition) is 5. The number of ether oxygens (including phenoxy) is 1. The van der Waals surface area contributed by atoms with E-state index in [9.17, 15) is 4.79 Å². The van der Waals surface area contributed by atoms with Gasteiger partial charge in [0, 0.05) is 20.2 Å². The van der Waals surface area contributed by atoms with Crippen LogP contribution >= 0.6 is 11.3 Å². The molecule has 1 aliphatic heterocycles. The highest BCUT2D eigenvalue weighted by molar-refractivity contribution is 7.17. The van der Waals surface area contributed by atoms with E-state index in [-0.39, 0.29) is 6.10 Å². The van der Waals surface area contributed by atoms with Crippen LogP contribution < -0.4 is 4.90 Å². The zero-order valence-electron chi connectivity index (χ0n) is 9.27. The first-order valence-corrected chi connectivity index (χ1v) is 5.92. The third-order valence-corrected chi connectivity index (χ3v) is 3.93. The van der Waals surface area contributed by atoms with Crippen LogP contribution in [0.25, 0.3) is 0 Å². The van der Waals surface area contributed by atoms with E-state index in [1.54, 1.807) is 14.0 Å². The van der Waals surface area contributed by atoms with Crippen molar-refractivity contribution < 1.29 is 14.6 Å². The summed E-state index contributed by atoms with van der Waals surface area (Å²) in [6.45, 7) is 3.40. The van der Waals surface area contributed by atoms with E-state index in [0.717, 1.165) is 24.6 Å². The second-order valence-electron chi connectivity index (χ2n) is 3.81. The predicted molar refractivity (Wildman–Crippen MR) is 61.4 cm³/mol. The van der Waals surface area contributed by atoms with Crippen molar-refractivity contribution in [2.75, 3.05) is 25.1 Å². The van der Waals surface area contributed by atoms with Gasteiger partial charge >= 0.3 is 5.97 Å². The number of rotatable bonds is 3. The van der Waals surface area contributed by atoms with Crippen LogP contribution in [-0.4, -0.2) is 42.4 Å². The van der Waals surface area contributed by atoms with Crippen LogP contribution in [0, 0.1) is 6.92 Å². The summed E-state index contributed by atoms with van der Waals surface area (Å²) in [4.78, 5) is 17.6. The van der Waals surface area contributed by atoms with Crippen molar-refractivity contribution in [2.45, 2.75) is 19.4 Å². The van der Waals surface area contributed by atoms with E-state index in [2.05, 4.69) is 9.88 Å². The molecule has 0 bridgehead atoms. The second kappa shape index (κ2) is 4.39. The highest BCUT2D eigenvalue weighted by Crippen LogP contribution is 2.29. The number of thiazole rings is 1. The van der Waals surface area contributed by atoms with Crippen LogP contribution in [0.5, 0.6) is 0 Å². The predicted octanol–water partition coefficient (Wildman–Crippen LogP) is 1.37. The number of nitrogens with zero attached hydrogens (tertiary/aromatic N) is 2. The lowest BCUT2D eigenvalue weighted by molar-refractivity contribution is 0.0701. The maximum absolute atomic E-state index is 10.9. The normalized spacial score (nSPS) is 20.4. The maximum atomic E-state index is 10.9. The third-order valence-electron chi connectivity index (χ3n) is 2.73. The molecule has 1 saturated heterocycles. The van der Waals surface area contributed by atoms with Crippen LogP contribution in [-0.2, 0) is 4.74 Å². The van der Waals surface area contributed by atoms with Gasteiger partial charge in [-0.05, 0) is 13.3 Å². The standard InChI is InChI=1S/C10H14N2O3S/c1-6-8(9(13)14)16-10(11-6)12-4-3-7(5-12)15-2/h7H,3-5H2,1-2H3,(H,13,14). The molecular formula is C10H14N2O3S. The van der Waals surface area contributed by atoms with Crippen LogP contribution in [0.15, 0.2) is 0 Å². The number of carbonyl (C=O) groups is 1. The Bertz CT molecular complexity index is 405. The average molecular weight is 242 g/mol. The van der Waals surface area contributed by atoms with E-state index >= 15 is 0 Å². The van der Waals surface area contributed by atoms with Gasteiger partial charge in [-0.1, -0.05) is 11.3 Å². The minimum atomic E-state index is -0.899. The Morgan fingerprint density at radius 2 is 2.44 bits per heavy atom. The maximum Gasteiger partial charge on any atom is 0.347 e. The molecule has 1 aliphatic rings. The lowest BCUT2D eigenvalue weighted by atomic mass is 10.3. The summed E-state index contributed by atoms with van der Waals surface area (Å²) in [5, 5.41) is 9.73. The summed E-state index contributed by atoms with van der Waals surface area (Å²) in [5.41, 5.74) is 0.591. The molecule has 1 N–H and O–H groups in total. The van der Waals surface area contributed by atoms with Crippen molar-refractivity contribution >= 4 is 22.4 Å². The SMILES string of the molecule is COC1CCN(c2nc(C)c(C(=O)O)s2)C1. The average Bonchev–Trinajstić information content (AvgIpc) is 2.83. The molecule has 0 saturated carbocycles. The third kappa shape index (κ3) is 2.03. The Morgan fingerprint density at radius 3 is 2.94 bits per heavy atom. The molecule has 5 nitrogen and oxygen atoms in total. The molecule has 1 atom stereocenters. The largest absolute Gasteiger partial charge is 0.477 e. The second-order valence-corrected chi connectivity index (χ2v) is 4.79. The number of methoxy groups -OCH3 is 1. The van der Waals surface area contributed by atoms with Gasteiger partial charge < -0.3 is 14.7 Å². The van der Waals surface area contributed by atoms with Gasteiger partial charge in [0.25, 0.3) is 0 Å². The zero-order chi connectivity index (χ0) is 11.7. The molecule has 0 amide bonds. The molecule has 6 heteroatoms. The zero-order valence-corrected chi connectivity index (χ0v) is 10.1. The van der Waals surface area contributed by atoms with Crippen LogP contribution in [0.1, 0.15) is 21.8 Å². The molecule has 1 fully saturated rings. The first kappa shape index (κ1) is 11.3. The van der Waals surface area contributed by atoms with Crippen molar-refractivity contribution in [1.82, 2.24) is 4.98 Å². The number of aromatic carboxylic acids is 1. The highest BCUT2D eigenvalue weighted by Gasteiger charge is 2.26. The Labute approximate surface area is 97.7 Å². The van der Waals surface area contributed by atoms with Gasteiger partial charge in [-0.25, -0.2) is 9.78 Å². The first-order chi connectivity index (χ1) is 7.61. The van der Waals surface area contributed by atoms with Crippen molar-refractivity contribution in [3.05, 3.63) is 10.6 Å². The van der Waals surface area contributed by atoms with Gasteiger partial charge in [-0.3, -0.25) is 0 Å². The smallest absolute Gasteiger partial charge is 0.347 e. The Kier molecular flexibility index (Phi) is 3.11. The lowest BCUT2D eigenvalue weighted by Crippen LogP contribution is -2.21. The molecule has 2 heterocycles. The number of anilines is 1. The molecule has 0 spiro atoms. The summed E-state index contributed by atoms with van der Waals surface area (Å²) in [7, 11) is 1.70. The van der Waals surface area contributed by atoms with Crippen molar-refractivity contribution in [3.8, 4) is 0 Å². The molecular weight excluding hydrogens is 228 g/mol. The van der Waals surface area contributed by atoms with Crippen LogP contribution in [0.2, 0.25) is 0 Å². The summed E-state index contributed by atoms with van der Waals surface area (Å²) >= 11 is 1.24. The van der Waals surface area contributed by atoms with Gasteiger partial charge in [0.1, 0.15) is 4.88 Å². The summed E-state index contributed by atoms with van der Waals surface area (Å²) in [6.07, 6.45) is 1.20. The van der Waals surface area contributed by atoms with E-state index in [0.29, 0.717) is 10.6 Å². The van der Waals surface area contributed by atoms with Crippen LogP contribution in [0.4, 0.5) is 5.13 Å². The molecule has 0 aromatic carbocycles. The minimum absolute atomic E-state index is 0.234. The van der Waals surface area contributed by atoms with Gasteiger partial charge in [-0.2, -0.15) is 0 Å². The quantitative estimate of drug-likeness (QED) is 0.867. The Hall–Kier alpha value is -1.14. The highest BCUT2D eigenvalue weighted by atomic mass is 32.1. The monoisotopic (exact) mass is 242 g/mol. The van der Waals surface area contributed by atoms with Crippen molar-refractivity contribution in [1.29, 1.82) is 0 Å². The molecule has 1 aromatic heterocycles. The molecule has 1 unspecified atom stereocenters. The number of aryl methyl sites for hydroxylation is 1. The van der Waals surface area contributed by atoms with E-state index in [1.165, 1.54) is 11.3 Å². The molecule has 2 rings (SSSR count). The molecule has 1 aromatic rings. The van der Waals surface area contributed by atoms with Crippen molar-refractivity contribution in [3.63, 3.8) is 0 Å². The summed E-state index contributed by atoms with van der Waals surface area (Å²) < 4.78 is 5.27. The van der Waals surface area contributed by atoms with Gasteiger partial charge in [-0.15, -0.1) is 0 Å². The minimum Gasteiger partial charge on any atom is -0.477 e. The van der Waals surface area contributed by atoms with Gasteiger partial charge in [0.05, 0.1) is 11.8 Å². The number of carboxylic acids is 1. The summed E-state index contributed by atoms with van der Waals surface area (Å²) in [5.74, 6) is -0.899. The molecule has 88 valence electrons. The fourth-order valence-electron chi connectivity index (χ4n) is 1.81. The Morgan fingerprint density at radius 1 is 1.69 bits per heavy atom. The van der Waals surface area contributed by atoms with E-state index in [4.69, 9.17) is 9.84 Å². The first-order valence-electron chi connectivity index (χ1n) is 5.10. The lowest BCUT2D eigenvalue weighted by Gasteiger charge is -2.13. The topological polar surface area (TPSA) is 62.7 Å². The van der Waals surface area contributed by atoms with Gasteiger partial charge in [0.2, 0.25) is 0 Å². The van der Waals surface area contributed by atoms with Crippen LogP contribution in [0.3, 0.4) is 0 Å². The fourth-order valence-corrected chi connectivity index (χ4v) is 2.75. The number of carboxylic acid groups (broad SMARTS) is 1. The van der Waals surface area contributed by atoms with E-state index < -0.39 is 5.97 Å². The summed E-state index contributed by atoms with van der Waals surface area (Å²) in [6, 6.07) is 0. The molecule has 0 aliphatic carbocycles. The Balaban J connectivity index is 2.16. The fraction of sp³-hybridized carbons (Fsp3) is 0.600. The molecule has 16 heavy (non-hydrogen) atoms.